The first-order chi connectivity index (χ1) is 12.3. The average Bonchev–Trinajstić information content (AvgIpc) is 2.90. The normalized spacial score (nSPS) is 28.3. The summed E-state index contributed by atoms with van der Waals surface area (Å²) in [6, 6.07) is 6.08. The fourth-order valence-corrected chi connectivity index (χ4v) is 5.25. The number of imidazole rings is 1. The fraction of sp³-hybridized carbons (Fsp3) is 0.611. The lowest BCUT2D eigenvalue weighted by Gasteiger charge is -2.49. The second kappa shape index (κ2) is 6.30. The maximum absolute atomic E-state index is 11.9. The Morgan fingerprint density at radius 3 is 2.81 bits per heavy atom. The topological polar surface area (TPSA) is 78.2 Å². The van der Waals surface area contributed by atoms with Gasteiger partial charge in [-0.05, 0) is 31.9 Å². The summed E-state index contributed by atoms with van der Waals surface area (Å²) >= 11 is 0. The van der Waals surface area contributed by atoms with Gasteiger partial charge in [-0.3, -0.25) is 4.90 Å². The van der Waals surface area contributed by atoms with Gasteiger partial charge in [-0.1, -0.05) is 6.07 Å². The van der Waals surface area contributed by atoms with Crippen molar-refractivity contribution in [2.45, 2.75) is 31.9 Å². The van der Waals surface area contributed by atoms with Gasteiger partial charge in [0.15, 0.2) is 0 Å². The Bertz CT molecular complexity index is 926. The SMILES string of the molecule is Cc1nc(CN2CCC3(O)CCN(S(C)(=O)=O)CC3C2)c2ccccn12. The van der Waals surface area contributed by atoms with Gasteiger partial charge in [0.05, 0.1) is 23.1 Å². The van der Waals surface area contributed by atoms with Gasteiger partial charge < -0.3 is 9.51 Å². The monoisotopic (exact) mass is 378 g/mol. The highest BCUT2D eigenvalue weighted by Gasteiger charge is 2.46. The molecule has 2 atom stereocenters. The molecule has 4 heterocycles. The van der Waals surface area contributed by atoms with Crippen LogP contribution in [0.15, 0.2) is 24.4 Å². The van der Waals surface area contributed by atoms with E-state index in [1.165, 1.54) is 10.6 Å². The van der Waals surface area contributed by atoms with Crippen LogP contribution in [0.4, 0.5) is 0 Å². The van der Waals surface area contributed by atoms with Crippen molar-refractivity contribution in [3.8, 4) is 0 Å². The van der Waals surface area contributed by atoms with Crippen LogP contribution in [0.2, 0.25) is 0 Å². The number of hydrogen-bond acceptors (Lipinski definition) is 5. The van der Waals surface area contributed by atoms with Crippen molar-refractivity contribution < 1.29 is 13.5 Å². The maximum Gasteiger partial charge on any atom is 0.211 e. The van der Waals surface area contributed by atoms with Crippen molar-refractivity contribution >= 4 is 15.5 Å². The predicted octanol–water partition coefficient (Wildman–Crippen LogP) is 0.861. The molecule has 0 aliphatic carbocycles. The van der Waals surface area contributed by atoms with Crippen LogP contribution in [-0.2, 0) is 16.6 Å². The van der Waals surface area contributed by atoms with E-state index in [4.69, 9.17) is 4.98 Å². The molecule has 4 rings (SSSR count). The summed E-state index contributed by atoms with van der Waals surface area (Å²) < 4.78 is 27.4. The van der Waals surface area contributed by atoms with E-state index >= 15 is 0 Å². The van der Waals surface area contributed by atoms with Crippen LogP contribution in [0.1, 0.15) is 24.4 Å². The summed E-state index contributed by atoms with van der Waals surface area (Å²) in [5.41, 5.74) is 1.39. The zero-order chi connectivity index (χ0) is 18.5. The Labute approximate surface area is 154 Å². The molecule has 0 spiro atoms. The highest BCUT2D eigenvalue weighted by Crippen LogP contribution is 2.36. The van der Waals surface area contributed by atoms with Crippen molar-refractivity contribution in [2.75, 3.05) is 32.4 Å². The molecule has 2 aliphatic heterocycles. The third-order valence-corrected chi connectivity index (χ3v) is 7.23. The Kier molecular flexibility index (Phi) is 4.34. The number of hydrogen-bond donors (Lipinski definition) is 1. The molecule has 8 heteroatoms. The van der Waals surface area contributed by atoms with Crippen LogP contribution in [0.5, 0.6) is 0 Å². The van der Waals surface area contributed by atoms with E-state index in [1.807, 2.05) is 25.3 Å². The number of rotatable bonds is 3. The van der Waals surface area contributed by atoms with Gasteiger partial charge in [-0.15, -0.1) is 0 Å². The first-order valence-electron chi connectivity index (χ1n) is 9.09. The van der Waals surface area contributed by atoms with E-state index in [0.29, 0.717) is 39.0 Å². The van der Waals surface area contributed by atoms with Crippen LogP contribution in [0.25, 0.3) is 5.52 Å². The van der Waals surface area contributed by atoms with E-state index < -0.39 is 15.6 Å². The quantitative estimate of drug-likeness (QED) is 0.857. The van der Waals surface area contributed by atoms with Crippen molar-refractivity contribution in [1.82, 2.24) is 18.6 Å². The zero-order valence-corrected chi connectivity index (χ0v) is 16.1. The molecule has 0 saturated carbocycles. The van der Waals surface area contributed by atoms with E-state index in [-0.39, 0.29) is 5.92 Å². The molecule has 2 aromatic rings. The number of sulfonamides is 1. The summed E-state index contributed by atoms with van der Waals surface area (Å²) in [5.74, 6) is 0.903. The fourth-order valence-electron chi connectivity index (χ4n) is 4.38. The lowest BCUT2D eigenvalue weighted by molar-refractivity contribution is -0.103. The molecule has 2 aromatic heterocycles. The smallest absolute Gasteiger partial charge is 0.211 e. The molecule has 2 aliphatic rings. The first-order valence-corrected chi connectivity index (χ1v) is 10.9. The molecular weight excluding hydrogens is 352 g/mol. The van der Waals surface area contributed by atoms with Crippen molar-refractivity contribution in [3.63, 3.8) is 0 Å². The largest absolute Gasteiger partial charge is 0.389 e. The molecule has 0 amide bonds. The van der Waals surface area contributed by atoms with E-state index in [0.717, 1.165) is 23.6 Å². The van der Waals surface area contributed by atoms with Gasteiger partial charge in [0.25, 0.3) is 0 Å². The number of aromatic nitrogens is 2. The minimum atomic E-state index is -3.22. The van der Waals surface area contributed by atoms with Crippen molar-refractivity contribution in [2.24, 2.45) is 5.92 Å². The van der Waals surface area contributed by atoms with Gasteiger partial charge in [0.1, 0.15) is 5.82 Å². The third kappa shape index (κ3) is 3.15. The van der Waals surface area contributed by atoms with E-state index in [1.54, 1.807) is 0 Å². The molecule has 0 bridgehead atoms. The van der Waals surface area contributed by atoms with Crippen molar-refractivity contribution in [1.29, 1.82) is 0 Å². The number of likely N-dealkylation sites (tertiary alicyclic amines) is 1. The van der Waals surface area contributed by atoms with Gasteiger partial charge in [-0.2, -0.15) is 0 Å². The van der Waals surface area contributed by atoms with Gasteiger partial charge in [0, 0.05) is 44.8 Å². The van der Waals surface area contributed by atoms with Crippen molar-refractivity contribution in [3.05, 3.63) is 35.9 Å². The highest BCUT2D eigenvalue weighted by atomic mass is 32.2. The first kappa shape index (κ1) is 17.9. The summed E-state index contributed by atoms with van der Waals surface area (Å²) in [6.45, 7) is 5.01. The Morgan fingerprint density at radius 1 is 1.27 bits per heavy atom. The molecule has 1 N–H and O–H groups in total. The molecule has 0 radical (unpaired) electrons. The van der Waals surface area contributed by atoms with Gasteiger partial charge >= 0.3 is 0 Å². The summed E-state index contributed by atoms with van der Waals surface area (Å²) in [7, 11) is -3.22. The van der Waals surface area contributed by atoms with E-state index in [9.17, 15) is 13.5 Å². The number of fused-ring (bicyclic) bond motifs is 2. The van der Waals surface area contributed by atoms with E-state index in [2.05, 4.69) is 15.4 Å². The van der Waals surface area contributed by atoms with Gasteiger partial charge in [-0.25, -0.2) is 17.7 Å². The van der Waals surface area contributed by atoms with Crippen LogP contribution < -0.4 is 0 Å². The molecule has 2 unspecified atom stereocenters. The second-order valence-corrected chi connectivity index (χ2v) is 9.70. The average molecular weight is 378 g/mol. The maximum atomic E-state index is 11.9. The molecule has 0 aromatic carbocycles. The number of nitrogens with zero attached hydrogens (tertiary/aromatic N) is 4. The molecule has 7 nitrogen and oxygen atoms in total. The Morgan fingerprint density at radius 2 is 2.04 bits per heavy atom. The summed E-state index contributed by atoms with van der Waals surface area (Å²) in [4.78, 5) is 7.00. The molecule has 2 saturated heterocycles. The molecule has 142 valence electrons. The summed E-state index contributed by atoms with van der Waals surface area (Å²) in [6.07, 6.45) is 4.46. The molecule has 2 fully saturated rings. The Balaban J connectivity index is 1.53. The van der Waals surface area contributed by atoms with Crippen LogP contribution in [0, 0.1) is 12.8 Å². The number of aliphatic hydroxyl groups is 1. The lowest BCUT2D eigenvalue weighted by Crippen LogP contribution is -2.60. The summed E-state index contributed by atoms with van der Waals surface area (Å²) in [5, 5.41) is 11.0. The Hall–Kier alpha value is -1.48. The van der Waals surface area contributed by atoms with Gasteiger partial charge in [0.2, 0.25) is 10.0 Å². The zero-order valence-electron chi connectivity index (χ0n) is 15.3. The van der Waals surface area contributed by atoms with Crippen LogP contribution >= 0.6 is 0 Å². The minimum Gasteiger partial charge on any atom is -0.389 e. The number of aryl methyl sites for hydroxylation is 1. The van der Waals surface area contributed by atoms with Crippen LogP contribution in [0.3, 0.4) is 0 Å². The lowest BCUT2D eigenvalue weighted by atomic mass is 9.76. The number of pyridine rings is 1. The number of piperidine rings is 2. The minimum absolute atomic E-state index is 0.0605. The molecular formula is C18H26N4O3S. The molecule has 26 heavy (non-hydrogen) atoms. The highest BCUT2D eigenvalue weighted by molar-refractivity contribution is 7.88. The predicted molar refractivity (Wildman–Crippen MR) is 99.3 cm³/mol. The second-order valence-electron chi connectivity index (χ2n) is 7.72. The van der Waals surface area contributed by atoms with Crippen LogP contribution in [-0.4, -0.2) is 70.1 Å². The standard InChI is InChI=1S/C18H26N4O3S/c1-14-19-16(17-5-3-4-8-22(14)17)13-20-9-6-18(23)7-10-21(26(2,24)25)12-15(18)11-20/h3-5,8,15,23H,6-7,9-13H2,1-2H3. The third-order valence-electron chi connectivity index (χ3n) is 5.96.